The number of ether oxygens (including phenoxy) is 1. The van der Waals surface area contributed by atoms with Crippen molar-refractivity contribution < 1.29 is 14.3 Å². The summed E-state index contributed by atoms with van der Waals surface area (Å²) >= 11 is 0. The van der Waals surface area contributed by atoms with Crippen molar-refractivity contribution >= 4 is 17.5 Å². The van der Waals surface area contributed by atoms with Crippen LogP contribution in [-0.4, -0.2) is 35.3 Å². The number of methoxy groups -OCH3 is 1. The number of hydrogen-bond donors (Lipinski definition) is 2. The summed E-state index contributed by atoms with van der Waals surface area (Å²) in [6, 6.07) is 6.85. The van der Waals surface area contributed by atoms with Crippen LogP contribution < -0.4 is 10.6 Å². The topological polar surface area (TPSA) is 85.2 Å². The summed E-state index contributed by atoms with van der Waals surface area (Å²) in [5.74, 6) is -0.0872. The monoisotopic (exact) mass is 356 g/mol. The van der Waals surface area contributed by atoms with Crippen molar-refractivity contribution in [2.45, 2.75) is 25.8 Å². The summed E-state index contributed by atoms with van der Waals surface area (Å²) < 4.78 is 6.94. The molecule has 2 amide bonds. The van der Waals surface area contributed by atoms with Gasteiger partial charge >= 0.3 is 0 Å². The van der Waals surface area contributed by atoms with E-state index < -0.39 is 0 Å². The Kier molecular flexibility index (Phi) is 5.37. The fraction of sp³-hybridized carbons (Fsp3) is 0.421. The maximum Gasteiger partial charge on any atom is 0.251 e. The first-order valence-electron chi connectivity index (χ1n) is 8.69. The number of carbonyl (C=O) groups is 2. The zero-order chi connectivity index (χ0) is 18.7. The first kappa shape index (κ1) is 18.1. The molecule has 1 aliphatic carbocycles. The van der Waals surface area contributed by atoms with Crippen molar-refractivity contribution in [2.24, 2.45) is 13.0 Å². The highest BCUT2D eigenvalue weighted by Crippen LogP contribution is 2.31. The molecule has 1 atom stereocenters. The molecule has 0 spiro atoms. The molecular weight excluding hydrogens is 332 g/mol. The smallest absolute Gasteiger partial charge is 0.251 e. The van der Waals surface area contributed by atoms with E-state index in [2.05, 4.69) is 15.7 Å². The van der Waals surface area contributed by atoms with Gasteiger partial charge < -0.3 is 15.4 Å². The SMILES string of the molecule is COCC(NC(=O)c1ccc(C)c(NC(=O)C2CC2)c1)c1ccnn1C. The van der Waals surface area contributed by atoms with E-state index in [1.807, 2.05) is 26.1 Å². The molecule has 0 aliphatic heterocycles. The van der Waals surface area contributed by atoms with Gasteiger partial charge in [-0.25, -0.2) is 0 Å². The number of carbonyl (C=O) groups excluding carboxylic acids is 2. The summed E-state index contributed by atoms with van der Waals surface area (Å²) in [4.78, 5) is 24.7. The van der Waals surface area contributed by atoms with E-state index in [0.717, 1.165) is 24.1 Å². The van der Waals surface area contributed by atoms with Crippen LogP contribution in [0.15, 0.2) is 30.5 Å². The average Bonchev–Trinajstić information content (AvgIpc) is 3.38. The molecule has 1 heterocycles. The third-order valence-corrected chi connectivity index (χ3v) is 4.56. The Balaban J connectivity index is 1.75. The predicted molar refractivity (Wildman–Crippen MR) is 97.8 cm³/mol. The lowest BCUT2D eigenvalue weighted by molar-refractivity contribution is -0.117. The molecule has 2 aromatic rings. The molecule has 7 nitrogen and oxygen atoms in total. The lowest BCUT2D eigenvalue weighted by Gasteiger charge is -2.19. The van der Waals surface area contributed by atoms with Crippen LogP contribution in [0, 0.1) is 12.8 Å². The largest absolute Gasteiger partial charge is 0.382 e. The Morgan fingerprint density at radius 3 is 2.73 bits per heavy atom. The third-order valence-electron chi connectivity index (χ3n) is 4.56. The fourth-order valence-corrected chi connectivity index (χ4v) is 2.81. The third kappa shape index (κ3) is 4.11. The van der Waals surface area contributed by atoms with Crippen LogP contribution in [0.5, 0.6) is 0 Å². The molecule has 1 unspecified atom stereocenters. The van der Waals surface area contributed by atoms with Crippen LogP contribution in [0.2, 0.25) is 0 Å². The Morgan fingerprint density at radius 2 is 2.12 bits per heavy atom. The van der Waals surface area contributed by atoms with E-state index in [-0.39, 0.29) is 23.8 Å². The second-order valence-corrected chi connectivity index (χ2v) is 6.65. The molecule has 0 saturated heterocycles. The second-order valence-electron chi connectivity index (χ2n) is 6.65. The lowest BCUT2D eigenvalue weighted by Crippen LogP contribution is -2.32. The van der Waals surface area contributed by atoms with Crippen molar-refractivity contribution in [3.8, 4) is 0 Å². The maximum absolute atomic E-state index is 12.7. The number of hydrogen-bond acceptors (Lipinski definition) is 4. The number of aryl methyl sites for hydroxylation is 2. The fourth-order valence-electron chi connectivity index (χ4n) is 2.81. The van der Waals surface area contributed by atoms with Crippen LogP contribution >= 0.6 is 0 Å². The average molecular weight is 356 g/mol. The van der Waals surface area contributed by atoms with Crippen LogP contribution in [0.3, 0.4) is 0 Å². The molecule has 3 rings (SSSR count). The van der Waals surface area contributed by atoms with E-state index in [0.29, 0.717) is 17.9 Å². The van der Waals surface area contributed by atoms with Gasteiger partial charge in [0.15, 0.2) is 0 Å². The van der Waals surface area contributed by atoms with Crippen LogP contribution in [0.25, 0.3) is 0 Å². The highest BCUT2D eigenvalue weighted by Gasteiger charge is 2.30. The molecule has 7 heteroatoms. The van der Waals surface area contributed by atoms with Gasteiger partial charge in [-0.2, -0.15) is 5.10 Å². The van der Waals surface area contributed by atoms with E-state index in [9.17, 15) is 9.59 Å². The number of amides is 2. The minimum atomic E-state index is -0.314. The van der Waals surface area contributed by atoms with Crippen molar-refractivity contribution in [2.75, 3.05) is 19.0 Å². The van der Waals surface area contributed by atoms with E-state index in [4.69, 9.17) is 4.74 Å². The number of aromatic nitrogens is 2. The van der Waals surface area contributed by atoms with E-state index in [1.165, 1.54) is 0 Å². The van der Waals surface area contributed by atoms with Crippen LogP contribution in [-0.2, 0) is 16.6 Å². The molecule has 0 bridgehead atoms. The Bertz CT molecular complexity index is 811. The van der Waals surface area contributed by atoms with Gasteiger partial charge in [-0.15, -0.1) is 0 Å². The molecule has 1 fully saturated rings. The van der Waals surface area contributed by atoms with Gasteiger partial charge in [-0.3, -0.25) is 14.3 Å². The minimum Gasteiger partial charge on any atom is -0.382 e. The molecule has 1 saturated carbocycles. The van der Waals surface area contributed by atoms with E-state index >= 15 is 0 Å². The van der Waals surface area contributed by atoms with Gasteiger partial charge in [0.2, 0.25) is 5.91 Å². The molecule has 1 aromatic carbocycles. The number of rotatable bonds is 7. The zero-order valence-electron chi connectivity index (χ0n) is 15.3. The summed E-state index contributed by atoms with van der Waals surface area (Å²) in [5.41, 5.74) is 2.95. The second kappa shape index (κ2) is 7.70. The van der Waals surface area contributed by atoms with Crippen molar-refractivity contribution in [1.82, 2.24) is 15.1 Å². The van der Waals surface area contributed by atoms with Crippen LogP contribution in [0.4, 0.5) is 5.69 Å². The lowest BCUT2D eigenvalue weighted by atomic mass is 10.1. The van der Waals surface area contributed by atoms with Crippen LogP contribution in [0.1, 0.15) is 40.5 Å². The number of anilines is 1. The molecule has 26 heavy (non-hydrogen) atoms. The summed E-state index contributed by atoms with van der Waals surface area (Å²) in [5, 5.41) is 10.0. The van der Waals surface area contributed by atoms with Gasteiger partial charge in [0, 0.05) is 37.5 Å². The normalized spacial score (nSPS) is 14.7. The Hall–Kier alpha value is -2.67. The maximum atomic E-state index is 12.7. The van der Waals surface area contributed by atoms with Gasteiger partial charge in [0.25, 0.3) is 5.91 Å². The Morgan fingerprint density at radius 1 is 1.35 bits per heavy atom. The summed E-state index contributed by atoms with van der Waals surface area (Å²) in [7, 11) is 3.41. The number of benzene rings is 1. The Labute approximate surface area is 152 Å². The molecular formula is C19H24N4O3. The number of nitrogens with one attached hydrogen (secondary N) is 2. The first-order chi connectivity index (χ1) is 12.5. The molecule has 1 aromatic heterocycles. The van der Waals surface area contributed by atoms with Gasteiger partial charge in [-0.05, 0) is 43.5 Å². The van der Waals surface area contributed by atoms with Gasteiger partial charge in [-0.1, -0.05) is 6.07 Å². The minimum absolute atomic E-state index is 0.0257. The quantitative estimate of drug-likeness (QED) is 0.796. The summed E-state index contributed by atoms with van der Waals surface area (Å²) in [6.45, 7) is 2.25. The molecule has 1 aliphatic rings. The van der Waals surface area contributed by atoms with E-state index in [1.54, 1.807) is 30.1 Å². The molecule has 0 radical (unpaired) electrons. The van der Waals surface area contributed by atoms with Crippen molar-refractivity contribution in [3.63, 3.8) is 0 Å². The summed E-state index contributed by atoms with van der Waals surface area (Å²) in [6.07, 6.45) is 3.56. The molecule has 138 valence electrons. The van der Waals surface area contributed by atoms with Crippen molar-refractivity contribution in [3.05, 3.63) is 47.3 Å². The van der Waals surface area contributed by atoms with Gasteiger partial charge in [0.05, 0.1) is 18.3 Å². The first-order valence-corrected chi connectivity index (χ1v) is 8.69. The standard InChI is InChI=1S/C19H24N4O3/c1-12-4-5-14(10-15(12)21-18(24)13-6-7-13)19(25)22-16(11-26-3)17-8-9-20-23(17)2/h4-5,8-10,13,16H,6-7,11H2,1-3H3,(H,21,24)(H,22,25). The highest BCUT2D eigenvalue weighted by molar-refractivity contribution is 5.99. The molecule has 2 N–H and O–H groups in total. The zero-order valence-corrected chi connectivity index (χ0v) is 15.3. The number of nitrogens with zero attached hydrogens (tertiary/aromatic N) is 2. The van der Waals surface area contributed by atoms with Crippen molar-refractivity contribution in [1.29, 1.82) is 0 Å². The highest BCUT2D eigenvalue weighted by atomic mass is 16.5. The predicted octanol–water partition coefficient (Wildman–Crippen LogP) is 2.19. The van der Waals surface area contributed by atoms with Gasteiger partial charge in [0.1, 0.15) is 0 Å².